The molecular weight excluding hydrogens is 320 g/mol. The second-order valence-electron chi connectivity index (χ2n) is 7.59. The molecule has 2 N–H and O–H groups in total. The average Bonchev–Trinajstić information content (AvgIpc) is 2.66. The molecule has 0 amide bonds. The molecule has 2 nitrogen and oxygen atoms in total. The Morgan fingerprint density at radius 3 is 1.81 bits per heavy atom. The number of fused-ring (bicyclic) bond motifs is 1. The SMILES string of the molecule is CCCCCCCCCCCCCCc1cc2ccccc2c(O)c1O. The van der Waals surface area contributed by atoms with Crippen LogP contribution in [0.5, 0.6) is 11.5 Å². The van der Waals surface area contributed by atoms with E-state index in [9.17, 15) is 10.2 Å². The van der Waals surface area contributed by atoms with Gasteiger partial charge in [-0.3, -0.25) is 0 Å². The molecule has 2 heteroatoms. The van der Waals surface area contributed by atoms with Gasteiger partial charge in [0.2, 0.25) is 0 Å². The van der Waals surface area contributed by atoms with Crippen LogP contribution in [0.2, 0.25) is 0 Å². The lowest BCUT2D eigenvalue weighted by Crippen LogP contribution is -1.89. The summed E-state index contributed by atoms with van der Waals surface area (Å²) in [5.41, 5.74) is 0.869. The Kier molecular flexibility index (Phi) is 9.38. The first kappa shape index (κ1) is 20.6. The van der Waals surface area contributed by atoms with Crippen molar-refractivity contribution < 1.29 is 10.2 Å². The molecule has 0 fully saturated rings. The predicted molar refractivity (Wildman–Crippen MR) is 112 cm³/mol. The van der Waals surface area contributed by atoms with Gasteiger partial charge in [0.1, 0.15) is 0 Å². The van der Waals surface area contributed by atoms with Crippen molar-refractivity contribution in [2.24, 2.45) is 0 Å². The van der Waals surface area contributed by atoms with Gasteiger partial charge in [-0.1, -0.05) is 102 Å². The van der Waals surface area contributed by atoms with Crippen molar-refractivity contribution in [1.82, 2.24) is 0 Å². The van der Waals surface area contributed by atoms with E-state index >= 15 is 0 Å². The third-order valence-corrected chi connectivity index (χ3v) is 5.37. The van der Waals surface area contributed by atoms with Crippen molar-refractivity contribution in [2.75, 3.05) is 0 Å². The lowest BCUT2D eigenvalue weighted by atomic mass is 9.99. The van der Waals surface area contributed by atoms with Gasteiger partial charge in [0.25, 0.3) is 0 Å². The molecule has 0 aromatic heterocycles. The number of unbranched alkanes of at least 4 members (excludes halogenated alkanes) is 11. The molecule has 2 rings (SSSR count). The van der Waals surface area contributed by atoms with Crippen LogP contribution in [0, 0.1) is 0 Å². The molecule has 0 aliphatic carbocycles. The molecule has 0 unspecified atom stereocenters. The van der Waals surface area contributed by atoms with Crippen molar-refractivity contribution in [1.29, 1.82) is 0 Å². The molecule has 0 saturated carbocycles. The molecule has 0 bridgehead atoms. The lowest BCUT2D eigenvalue weighted by molar-refractivity contribution is 0.403. The van der Waals surface area contributed by atoms with Gasteiger partial charge < -0.3 is 10.2 Å². The Morgan fingerprint density at radius 1 is 0.654 bits per heavy atom. The number of aryl methyl sites for hydroxylation is 1. The summed E-state index contributed by atoms with van der Waals surface area (Å²) in [6.07, 6.45) is 16.8. The van der Waals surface area contributed by atoms with Crippen LogP contribution in [0.25, 0.3) is 10.8 Å². The van der Waals surface area contributed by atoms with Gasteiger partial charge in [0.05, 0.1) is 0 Å². The number of phenols is 2. The quantitative estimate of drug-likeness (QED) is 0.288. The number of benzene rings is 2. The van der Waals surface area contributed by atoms with Crippen LogP contribution in [0.15, 0.2) is 30.3 Å². The average molecular weight is 357 g/mol. The zero-order valence-electron chi connectivity index (χ0n) is 16.5. The molecule has 0 aliphatic heterocycles. The van der Waals surface area contributed by atoms with E-state index in [-0.39, 0.29) is 11.5 Å². The Morgan fingerprint density at radius 2 is 1.19 bits per heavy atom. The fourth-order valence-corrected chi connectivity index (χ4v) is 3.72. The van der Waals surface area contributed by atoms with E-state index < -0.39 is 0 Å². The standard InChI is InChI=1S/C24H36O2/c1-2-3-4-5-6-7-8-9-10-11-12-13-17-21-19-20-16-14-15-18-22(20)24(26)23(21)25/h14-16,18-19,25-26H,2-13,17H2,1H3. The Balaban J connectivity index is 1.59. The van der Waals surface area contributed by atoms with Crippen molar-refractivity contribution in [3.63, 3.8) is 0 Å². The highest BCUT2D eigenvalue weighted by molar-refractivity contribution is 5.91. The molecule has 0 heterocycles. The van der Waals surface area contributed by atoms with E-state index in [0.717, 1.165) is 29.2 Å². The predicted octanol–water partition coefficient (Wildman–Crippen LogP) is 7.49. The molecule has 144 valence electrons. The minimum atomic E-state index is 0.0250. The maximum atomic E-state index is 10.2. The summed E-state index contributed by atoms with van der Waals surface area (Å²) >= 11 is 0. The highest BCUT2D eigenvalue weighted by Gasteiger charge is 2.11. The third-order valence-electron chi connectivity index (χ3n) is 5.37. The molecule has 2 aromatic rings. The van der Waals surface area contributed by atoms with Crippen LogP contribution in [0.3, 0.4) is 0 Å². The zero-order chi connectivity index (χ0) is 18.6. The van der Waals surface area contributed by atoms with E-state index in [1.165, 1.54) is 70.6 Å². The number of hydrogen-bond acceptors (Lipinski definition) is 2. The third kappa shape index (κ3) is 6.55. The summed E-state index contributed by atoms with van der Waals surface area (Å²) in [7, 11) is 0. The number of phenolic OH excluding ortho intramolecular Hbond substituents is 2. The van der Waals surface area contributed by atoms with Gasteiger partial charge in [0.15, 0.2) is 11.5 Å². The molecule has 0 radical (unpaired) electrons. The minimum absolute atomic E-state index is 0.0250. The Bertz CT molecular complexity index is 648. The highest BCUT2D eigenvalue weighted by Crippen LogP contribution is 2.37. The molecule has 26 heavy (non-hydrogen) atoms. The molecule has 0 spiro atoms. The van der Waals surface area contributed by atoms with E-state index in [2.05, 4.69) is 6.92 Å². The number of aromatic hydroxyl groups is 2. The van der Waals surface area contributed by atoms with E-state index in [1.807, 2.05) is 30.3 Å². The Labute approximate surface area is 159 Å². The fraction of sp³-hybridized carbons (Fsp3) is 0.583. The lowest BCUT2D eigenvalue weighted by Gasteiger charge is -2.10. The van der Waals surface area contributed by atoms with Gasteiger partial charge in [-0.05, 0) is 29.9 Å². The normalized spacial score (nSPS) is 11.3. The summed E-state index contributed by atoms with van der Waals surface area (Å²) in [6.45, 7) is 2.27. The van der Waals surface area contributed by atoms with Crippen LogP contribution in [0.1, 0.15) is 89.5 Å². The number of rotatable bonds is 13. The smallest absolute Gasteiger partial charge is 0.165 e. The van der Waals surface area contributed by atoms with E-state index in [4.69, 9.17) is 0 Å². The fourth-order valence-electron chi connectivity index (χ4n) is 3.72. The second-order valence-corrected chi connectivity index (χ2v) is 7.59. The second kappa shape index (κ2) is 11.8. The van der Waals surface area contributed by atoms with Crippen LogP contribution in [-0.2, 0) is 6.42 Å². The summed E-state index contributed by atoms with van der Waals surface area (Å²) in [5.74, 6) is 0.0869. The summed E-state index contributed by atoms with van der Waals surface area (Å²) in [5, 5.41) is 22.1. The summed E-state index contributed by atoms with van der Waals surface area (Å²) in [6, 6.07) is 9.69. The van der Waals surface area contributed by atoms with E-state index in [0.29, 0.717) is 0 Å². The summed E-state index contributed by atoms with van der Waals surface area (Å²) < 4.78 is 0. The van der Waals surface area contributed by atoms with Gasteiger partial charge in [-0.2, -0.15) is 0 Å². The molecular formula is C24H36O2. The minimum Gasteiger partial charge on any atom is -0.504 e. The van der Waals surface area contributed by atoms with Crippen LogP contribution in [0.4, 0.5) is 0 Å². The first-order chi connectivity index (χ1) is 12.7. The van der Waals surface area contributed by atoms with Gasteiger partial charge in [0, 0.05) is 5.39 Å². The van der Waals surface area contributed by atoms with Gasteiger partial charge in [-0.15, -0.1) is 0 Å². The molecule has 2 aromatic carbocycles. The first-order valence-electron chi connectivity index (χ1n) is 10.7. The van der Waals surface area contributed by atoms with Gasteiger partial charge >= 0.3 is 0 Å². The first-order valence-corrected chi connectivity index (χ1v) is 10.7. The zero-order valence-corrected chi connectivity index (χ0v) is 16.5. The molecule has 0 atom stereocenters. The molecule has 0 aliphatic rings. The Hall–Kier alpha value is -1.70. The van der Waals surface area contributed by atoms with Crippen molar-refractivity contribution in [2.45, 2.75) is 90.4 Å². The highest BCUT2D eigenvalue weighted by atomic mass is 16.3. The van der Waals surface area contributed by atoms with Crippen LogP contribution >= 0.6 is 0 Å². The van der Waals surface area contributed by atoms with E-state index in [1.54, 1.807) is 0 Å². The summed E-state index contributed by atoms with van der Waals surface area (Å²) in [4.78, 5) is 0. The monoisotopic (exact) mass is 356 g/mol. The maximum Gasteiger partial charge on any atom is 0.165 e. The topological polar surface area (TPSA) is 40.5 Å². The van der Waals surface area contributed by atoms with Crippen molar-refractivity contribution in [3.8, 4) is 11.5 Å². The van der Waals surface area contributed by atoms with Gasteiger partial charge in [-0.25, -0.2) is 0 Å². The van der Waals surface area contributed by atoms with Crippen molar-refractivity contribution >= 4 is 10.8 Å². The maximum absolute atomic E-state index is 10.2. The van der Waals surface area contributed by atoms with Crippen LogP contribution < -0.4 is 0 Å². The molecule has 0 saturated heterocycles. The van der Waals surface area contributed by atoms with Crippen LogP contribution in [-0.4, -0.2) is 10.2 Å². The number of hydrogen-bond donors (Lipinski definition) is 2. The largest absolute Gasteiger partial charge is 0.504 e. The van der Waals surface area contributed by atoms with Crippen molar-refractivity contribution in [3.05, 3.63) is 35.9 Å².